The molecule has 1 saturated heterocycles. The van der Waals surface area contributed by atoms with Crippen molar-refractivity contribution in [1.82, 2.24) is 4.90 Å². The number of alkyl halides is 1. The third-order valence-electron chi connectivity index (χ3n) is 2.52. The zero-order chi connectivity index (χ0) is 8.10. The fraction of sp³-hybridized carbons (Fsp3) is 1.00. The maximum absolute atomic E-state index is 5.64. The van der Waals surface area contributed by atoms with Crippen LogP contribution in [0.1, 0.15) is 32.6 Å². The maximum Gasteiger partial charge on any atom is 0.0235 e. The van der Waals surface area contributed by atoms with Crippen LogP contribution in [-0.2, 0) is 0 Å². The van der Waals surface area contributed by atoms with Gasteiger partial charge in [0.25, 0.3) is 0 Å². The number of hydrogen-bond acceptors (Lipinski definition) is 1. The van der Waals surface area contributed by atoms with Crippen LogP contribution in [-0.4, -0.2) is 29.9 Å². The minimum absolute atomic E-state index is 0. The molecular formula is C9H19Cl2N. The van der Waals surface area contributed by atoms with E-state index >= 15 is 0 Å². The maximum atomic E-state index is 5.64. The van der Waals surface area contributed by atoms with Gasteiger partial charge in [-0.2, -0.15) is 0 Å². The van der Waals surface area contributed by atoms with Crippen molar-refractivity contribution in [1.29, 1.82) is 0 Å². The highest BCUT2D eigenvalue weighted by Gasteiger charge is 2.16. The van der Waals surface area contributed by atoms with Gasteiger partial charge in [-0.25, -0.2) is 0 Å². The Morgan fingerprint density at radius 3 is 2.75 bits per heavy atom. The Labute approximate surface area is 86.9 Å². The van der Waals surface area contributed by atoms with E-state index in [0.717, 1.165) is 18.3 Å². The molecule has 1 fully saturated rings. The normalized spacial score (nSPS) is 25.0. The second-order valence-electron chi connectivity index (χ2n) is 3.42. The van der Waals surface area contributed by atoms with E-state index in [1.807, 2.05) is 0 Å². The van der Waals surface area contributed by atoms with Crippen molar-refractivity contribution < 1.29 is 0 Å². The summed E-state index contributed by atoms with van der Waals surface area (Å²) in [6.45, 7) is 4.82. The van der Waals surface area contributed by atoms with Crippen molar-refractivity contribution in [2.24, 2.45) is 0 Å². The van der Waals surface area contributed by atoms with Gasteiger partial charge in [-0.3, -0.25) is 0 Å². The largest absolute Gasteiger partial charge is 0.301 e. The first-order chi connectivity index (χ1) is 5.34. The molecule has 74 valence electrons. The Morgan fingerprint density at radius 2 is 2.17 bits per heavy atom. The summed E-state index contributed by atoms with van der Waals surface area (Å²) in [6, 6.07) is 0.798. The highest BCUT2D eigenvalue weighted by molar-refractivity contribution is 6.17. The van der Waals surface area contributed by atoms with Crippen LogP contribution in [0, 0.1) is 0 Å². The van der Waals surface area contributed by atoms with Gasteiger partial charge in [0.1, 0.15) is 0 Å². The lowest BCUT2D eigenvalue weighted by Crippen LogP contribution is -2.38. The van der Waals surface area contributed by atoms with Crippen LogP contribution >= 0.6 is 24.0 Å². The van der Waals surface area contributed by atoms with Crippen LogP contribution in [0.2, 0.25) is 0 Å². The quantitative estimate of drug-likeness (QED) is 0.650. The summed E-state index contributed by atoms with van der Waals surface area (Å²) in [5.74, 6) is 0.809. The molecule has 1 aliphatic heterocycles. The summed E-state index contributed by atoms with van der Waals surface area (Å²) in [5, 5.41) is 0. The van der Waals surface area contributed by atoms with E-state index in [0.29, 0.717) is 0 Å². The first kappa shape index (κ1) is 12.5. The molecule has 1 heterocycles. The third kappa shape index (κ3) is 3.97. The monoisotopic (exact) mass is 211 g/mol. The molecule has 0 radical (unpaired) electrons. The Morgan fingerprint density at radius 1 is 1.42 bits per heavy atom. The number of likely N-dealkylation sites (tertiary alicyclic amines) is 1. The third-order valence-corrected chi connectivity index (χ3v) is 2.79. The second kappa shape index (κ2) is 6.99. The molecule has 0 aromatic heterocycles. The Hall–Kier alpha value is 0.540. The number of rotatable bonds is 3. The SMILES string of the molecule is CC1CCCCN1CCCCl.Cl. The lowest BCUT2D eigenvalue weighted by Gasteiger charge is -2.33. The highest BCUT2D eigenvalue weighted by Crippen LogP contribution is 2.16. The molecule has 0 aliphatic carbocycles. The van der Waals surface area contributed by atoms with Crippen LogP contribution < -0.4 is 0 Å². The van der Waals surface area contributed by atoms with Crippen molar-refractivity contribution in [3.63, 3.8) is 0 Å². The zero-order valence-electron chi connectivity index (χ0n) is 7.76. The van der Waals surface area contributed by atoms with Crippen molar-refractivity contribution in [2.75, 3.05) is 19.0 Å². The molecule has 1 atom stereocenters. The van der Waals surface area contributed by atoms with E-state index < -0.39 is 0 Å². The van der Waals surface area contributed by atoms with Crippen molar-refractivity contribution in [3.05, 3.63) is 0 Å². The first-order valence-corrected chi connectivity index (χ1v) is 5.18. The molecule has 0 N–H and O–H groups in total. The number of piperidine rings is 1. The Kier molecular flexibility index (Phi) is 7.31. The predicted molar refractivity (Wildman–Crippen MR) is 57.5 cm³/mol. The Balaban J connectivity index is 0.00000121. The van der Waals surface area contributed by atoms with Gasteiger partial charge in [-0.05, 0) is 39.3 Å². The molecule has 1 unspecified atom stereocenters. The molecule has 0 amide bonds. The molecule has 1 nitrogen and oxygen atoms in total. The molecule has 3 heteroatoms. The summed E-state index contributed by atoms with van der Waals surface area (Å²) in [6.07, 6.45) is 5.32. The standard InChI is InChI=1S/C9H18ClN.ClH/c1-9-5-2-3-7-11(9)8-4-6-10;/h9H,2-8H2,1H3;1H. The van der Waals surface area contributed by atoms with Crippen LogP contribution in [0.5, 0.6) is 0 Å². The number of nitrogens with zero attached hydrogens (tertiary/aromatic N) is 1. The van der Waals surface area contributed by atoms with Gasteiger partial charge in [0.15, 0.2) is 0 Å². The lowest BCUT2D eigenvalue weighted by atomic mass is 10.0. The summed E-state index contributed by atoms with van der Waals surface area (Å²) in [5.41, 5.74) is 0. The topological polar surface area (TPSA) is 3.24 Å². The van der Waals surface area contributed by atoms with Gasteiger partial charge in [0, 0.05) is 11.9 Å². The average Bonchev–Trinajstić information content (AvgIpc) is 2.03. The number of halogens is 2. The molecule has 0 bridgehead atoms. The minimum Gasteiger partial charge on any atom is -0.301 e. The number of hydrogen-bond donors (Lipinski definition) is 0. The summed E-state index contributed by atoms with van der Waals surface area (Å²) in [7, 11) is 0. The molecule has 1 rings (SSSR count). The van der Waals surface area contributed by atoms with Gasteiger partial charge in [0.05, 0.1) is 0 Å². The smallest absolute Gasteiger partial charge is 0.0235 e. The minimum atomic E-state index is 0. The van der Waals surface area contributed by atoms with Crippen LogP contribution in [0.3, 0.4) is 0 Å². The van der Waals surface area contributed by atoms with E-state index in [2.05, 4.69) is 11.8 Å². The highest BCUT2D eigenvalue weighted by atomic mass is 35.5. The molecule has 12 heavy (non-hydrogen) atoms. The van der Waals surface area contributed by atoms with Crippen molar-refractivity contribution in [2.45, 2.75) is 38.6 Å². The molecule has 0 aromatic carbocycles. The zero-order valence-corrected chi connectivity index (χ0v) is 9.33. The summed E-state index contributed by atoms with van der Waals surface area (Å²) >= 11 is 5.64. The average molecular weight is 212 g/mol. The molecule has 1 aliphatic rings. The molecule has 0 saturated carbocycles. The van der Waals surface area contributed by atoms with Crippen molar-refractivity contribution >= 4 is 24.0 Å². The van der Waals surface area contributed by atoms with Gasteiger partial charge >= 0.3 is 0 Å². The van der Waals surface area contributed by atoms with Crippen molar-refractivity contribution in [3.8, 4) is 0 Å². The van der Waals surface area contributed by atoms with Gasteiger partial charge < -0.3 is 4.90 Å². The first-order valence-electron chi connectivity index (χ1n) is 4.64. The second-order valence-corrected chi connectivity index (χ2v) is 3.80. The van der Waals surface area contributed by atoms with Gasteiger partial charge in [0.2, 0.25) is 0 Å². The lowest BCUT2D eigenvalue weighted by molar-refractivity contribution is 0.161. The molecular weight excluding hydrogens is 193 g/mol. The fourth-order valence-electron chi connectivity index (χ4n) is 1.75. The van der Waals surface area contributed by atoms with Crippen LogP contribution in [0.15, 0.2) is 0 Å². The molecule has 0 aromatic rings. The summed E-state index contributed by atoms with van der Waals surface area (Å²) < 4.78 is 0. The summed E-state index contributed by atoms with van der Waals surface area (Å²) in [4.78, 5) is 2.56. The Bertz CT molecular complexity index is 109. The van der Waals surface area contributed by atoms with Crippen LogP contribution in [0.4, 0.5) is 0 Å². The van der Waals surface area contributed by atoms with E-state index in [1.165, 1.54) is 32.4 Å². The predicted octanol–water partition coefficient (Wildman–Crippen LogP) is 2.91. The fourth-order valence-corrected chi connectivity index (χ4v) is 1.87. The van der Waals surface area contributed by atoms with E-state index in [9.17, 15) is 0 Å². The van der Waals surface area contributed by atoms with Gasteiger partial charge in [-0.15, -0.1) is 24.0 Å². The molecule has 0 spiro atoms. The van der Waals surface area contributed by atoms with E-state index in [1.54, 1.807) is 0 Å². The van der Waals surface area contributed by atoms with Gasteiger partial charge in [-0.1, -0.05) is 6.42 Å². The van der Waals surface area contributed by atoms with E-state index in [-0.39, 0.29) is 12.4 Å². The van der Waals surface area contributed by atoms with Crippen LogP contribution in [0.25, 0.3) is 0 Å². The van der Waals surface area contributed by atoms with E-state index in [4.69, 9.17) is 11.6 Å².